The van der Waals surface area contributed by atoms with Crippen LogP contribution in [-0.4, -0.2) is 61.1 Å². The molecular formula is C17H24N4O3S. The van der Waals surface area contributed by atoms with Crippen LogP contribution in [0.5, 0.6) is 5.75 Å². The van der Waals surface area contributed by atoms with Crippen LogP contribution < -0.4 is 4.74 Å². The smallest absolute Gasteiger partial charge is 0.246 e. The lowest BCUT2D eigenvalue weighted by molar-refractivity contribution is 0.180. The van der Waals surface area contributed by atoms with E-state index in [0.717, 1.165) is 17.9 Å². The van der Waals surface area contributed by atoms with Crippen molar-refractivity contribution >= 4 is 10.0 Å². The first-order chi connectivity index (χ1) is 11.9. The van der Waals surface area contributed by atoms with Crippen molar-refractivity contribution in [2.75, 3.05) is 33.3 Å². The molecule has 0 bridgehead atoms. The molecule has 25 heavy (non-hydrogen) atoms. The quantitative estimate of drug-likeness (QED) is 0.871. The Kier molecular flexibility index (Phi) is 5.12. The van der Waals surface area contributed by atoms with Crippen molar-refractivity contribution in [1.29, 1.82) is 0 Å². The van der Waals surface area contributed by atoms with Gasteiger partial charge in [0.15, 0.2) is 0 Å². The Balaban J connectivity index is 1.68. The van der Waals surface area contributed by atoms with Gasteiger partial charge in [0.1, 0.15) is 10.6 Å². The predicted molar refractivity (Wildman–Crippen MR) is 95.1 cm³/mol. The number of para-hydroxylation sites is 1. The number of nitrogens with zero attached hydrogens (tertiary/aromatic N) is 3. The molecule has 0 spiro atoms. The number of aromatic amines is 1. The van der Waals surface area contributed by atoms with Gasteiger partial charge in [-0.1, -0.05) is 18.2 Å². The van der Waals surface area contributed by atoms with E-state index in [1.54, 1.807) is 25.3 Å². The number of hydrogen-bond acceptors (Lipinski definition) is 5. The van der Waals surface area contributed by atoms with Crippen molar-refractivity contribution in [2.45, 2.75) is 25.3 Å². The fourth-order valence-electron chi connectivity index (χ4n) is 3.25. The Morgan fingerprint density at radius 3 is 2.44 bits per heavy atom. The molecule has 8 heteroatoms. The number of hydrogen-bond donors (Lipinski definition) is 1. The minimum atomic E-state index is -3.50. The summed E-state index contributed by atoms with van der Waals surface area (Å²) >= 11 is 0. The zero-order valence-electron chi connectivity index (χ0n) is 14.8. The van der Waals surface area contributed by atoms with Crippen molar-refractivity contribution in [3.05, 3.63) is 41.2 Å². The molecule has 2 heterocycles. The van der Waals surface area contributed by atoms with Crippen LogP contribution in [0.3, 0.4) is 0 Å². The van der Waals surface area contributed by atoms with E-state index in [4.69, 9.17) is 4.74 Å². The maximum Gasteiger partial charge on any atom is 0.246 e. The van der Waals surface area contributed by atoms with Crippen molar-refractivity contribution in [1.82, 2.24) is 19.4 Å². The zero-order chi connectivity index (χ0) is 18.0. The molecule has 1 aliphatic rings. The maximum absolute atomic E-state index is 12.9. The topological polar surface area (TPSA) is 78.5 Å². The van der Waals surface area contributed by atoms with Gasteiger partial charge in [0.05, 0.1) is 18.5 Å². The Hall–Kier alpha value is -1.90. The molecule has 1 aliphatic heterocycles. The minimum absolute atomic E-state index is 0.311. The minimum Gasteiger partial charge on any atom is -0.496 e. The largest absolute Gasteiger partial charge is 0.496 e. The van der Waals surface area contributed by atoms with Crippen LogP contribution in [-0.2, 0) is 16.6 Å². The van der Waals surface area contributed by atoms with Gasteiger partial charge >= 0.3 is 0 Å². The fraction of sp³-hybridized carbons (Fsp3) is 0.471. The van der Waals surface area contributed by atoms with Crippen LogP contribution in [0.4, 0.5) is 0 Å². The summed E-state index contributed by atoms with van der Waals surface area (Å²) < 4.78 is 32.7. The number of aromatic nitrogens is 2. The second-order valence-electron chi connectivity index (χ2n) is 6.26. The summed E-state index contributed by atoms with van der Waals surface area (Å²) in [5.41, 5.74) is 2.23. The highest BCUT2D eigenvalue weighted by molar-refractivity contribution is 7.89. The normalized spacial score (nSPS) is 16.9. The Morgan fingerprint density at radius 1 is 1.16 bits per heavy atom. The van der Waals surface area contributed by atoms with Crippen molar-refractivity contribution in [3.8, 4) is 5.75 Å². The number of methoxy groups -OCH3 is 1. The van der Waals surface area contributed by atoms with E-state index in [-0.39, 0.29) is 0 Å². The highest BCUT2D eigenvalue weighted by Crippen LogP contribution is 2.24. The number of benzene rings is 1. The number of sulfonamides is 1. The van der Waals surface area contributed by atoms with Crippen molar-refractivity contribution in [3.63, 3.8) is 0 Å². The summed E-state index contributed by atoms with van der Waals surface area (Å²) in [6.45, 7) is 6.53. The number of nitrogens with one attached hydrogen (secondary N) is 1. The van der Waals surface area contributed by atoms with E-state index >= 15 is 0 Å². The lowest BCUT2D eigenvalue weighted by Crippen LogP contribution is -2.48. The lowest BCUT2D eigenvalue weighted by Gasteiger charge is -2.34. The molecule has 0 atom stereocenters. The highest BCUT2D eigenvalue weighted by atomic mass is 32.2. The number of H-pyrrole nitrogens is 1. The van der Waals surface area contributed by atoms with Crippen LogP contribution in [0, 0.1) is 13.8 Å². The van der Waals surface area contributed by atoms with Gasteiger partial charge < -0.3 is 4.74 Å². The molecule has 0 amide bonds. The third kappa shape index (κ3) is 3.56. The molecular weight excluding hydrogens is 340 g/mol. The molecule has 0 aliphatic carbocycles. The highest BCUT2D eigenvalue weighted by Gasteiger charge is 2.32. The first-order valence-corrected chi connectivity index (χ1v) is 9.73. The van der Waals surface area contributed by atoms with Gasteiger partial charge in [0.25, 0.3) is 0 Å². The van der Waals surface area contributed by atoms with Gasteiger partial charge in [0, 0.05) is 38.3 Å². The second-order valence-corrected chi connectivity index (χ2v) is 8.13. The van der Waals surface area contributed by atoms with Crippen LogP contribution in [0.1, 0.15) is 17.0 Å². The van der Waals surface area contributed by atoms with E-state index in [9.17, 15) is 8.42 Å². The molecule has 0 radical (unpaired) electrons. The first-order valence-electron chi connectivity index (χ1n) is 8.29. The van der Waals surface area contributed by atoms with Gasteiger partial charge in [-0.2, -0.15) is 9.40 Å². The van der Waals surface area contributed by atoms with Gasteiger partial charge in [-0.15, -0.1) is 0 Å². The Labute approximate surface area is 148 Å². The summed E-state index contributed by atoms with van der Waals surface area (Å²) in [4.78, 5) is 2.56. The van der Waals surface area contributed by atoms with Crippen LogP contribution in [0.2, 0.25) is 0 Å². The standard InChI is InChI=1S/C17H24N4O3S/c1-13-17(14(2)19-18-13)25(22,23)21-10-8-20(9-11-21)12-15-6-4-5-7-16(15)24-3/h4-7H,8-12H2,1-3H3,(H,18,19). The van der Waals surface area contributed by atoms with E-state index in [1.165, 1.54) is 0 Å². The zero-order valence-corrected chi connectivity index (χ0v) is 15.6. The molecule has 1 aromatic heterocycles. The molecule has 136 valence electrons. The SMILES string of the molecule is COc1ccccc1CN1CCN(S(=O)(=O)c2c(C)n[nH]c2C)CC1. The predicted octanol–water partition coefficient (Wildman–Crippen LogP) is 1.54. The Bertz CT molecular complexity index is 820. The van der Waals surface area contributed by atoms with Gasteiger partial charge in [-0.25, -0.2) is 8.42 Å². The number of aryl methyl sites for hydroxylation is 2. The molecule has 2 aromatic rings. The summed E-state index contributed by atoms with van der Waals surface area (Å²) in [6, 6.07) is 7.92. The summed E-state index contributed by atoms with van der Waals surface area (Å²) in [5, 5.41) is 6.77. The van der Waals surface area contributed by atoms with Gasteiger partial charge in [-0.3, -0.25) is 10.00 Å². The number of piperazine rings is 1. The summed E-state index contributed by atoms with van der Waals surface area (Å²) in [6.07, 6.45) is 0. The molecule has 3 rings (SSSR count). The second kappa shape index (κ2) is 7.15. The fourth-order valence-corrected chi connectivity index (χ4v) is 5.01. The number of ether oxygens (including phenoxy) is 1. The van der Waals surface area contributed by atoms with Crippen LogP contribution >= 0.6 is 0 Å². The average molecular weight is 364 g/mol. The molecule has 1 N–H and O–H groups in total. The third-order valence-corrected chi connectivity index (χ3v) is 6.74. The van der Waals surface area contributed by atoms with E-state index in [0.29, 0.717) is 42.5 Å². The van der Waals surface area contributed by atoms with Gasteiger partial charge in [0.2, 0.25) is 10.0 Å². The summed E-state index contributed by atoms with van der Waals surface area (Å²) in [7, 11) is -1.84. The van der Waals surface area contributed by atoms with E-state index in [1.807, 2.05) is 24.3 Å². The maximum atomic E-state index is 12.9. The van der Waals surface area contributed by atoms with Crippen LogP contribution in [0.25, 0.3) is 0 Å². The first kappa shape index (κ1) is 17.9. The van der Waals surface area contributed by atoms with Crippen molar-refractivity contribution < 1.29 is 13.2 Å². The lowest BCUT2D eigenvalue weighted by atomic mass is 10.2. The molecule has 1 fully saturated rings. The molecule has 7 nitrogen and oxygen atoms in total. The number of rotatable bonds is 5. The Morgan fingerprint density at radius 2 is 1.84 bits per heavy atom. The van der Waals surface area contributed by atoms with E-state index < -0.39 is 10.0 Å². The van der Waals surface area contributed by atoms with Gasteiger partial charge in [-0.05, 0) is 19.9 Å². The van der Waals surface area contributed by atoms with Crippen molar-refractivity contribution in [2.24, 2.45) is 0 Å². The van der Waals surface area contributed by atoms with Crippen LogP contribution in [0.15, 0.2) is 29.2 Å². The molecule has 1 aromatic carbocycles. The monoisotopic (exact) mass is 364 g/mol. The third-order valence-electron chi connectivity index (χ3n) is 4.58. The average Bonchev–Trinajstić information content (AvgIpc) is 2.95. The molecule has 0 saturated carbocycles. The summed E-state index contributed by atoms with van der Waals surface area (Å²) in [5.74, 6) is 0.863. The van der Waals surface area contributed by atoms with E-state index in [2.05, 4.69) is 15.1 Å². The molecule has 0 unspecified atom stereocenters. The molecule has 1 saturated heterocycles.